The SMILES string of the molecule is CC(C)(C)c1ccc(C(=O)/C=C/c2ccccc2Cl)cc1. The Morgan fingerprint density at radius 3 is 2.19 bits per heavy atom. The Hall–Kier alpha value is -1.86. The average molecular weight is 299 g/mol. The van der Waals surface area contributed by atoms with Crippen LogP contribution in [0.25, 0.3) is 6.08 Å². The van der Waals surface area contributed by atoms with E-state index in [0.717, 1.165) is 5.56 Å². The summed E-state index contributed by atoms with van der Waals surface area (Å²) in [6, 6.07) is 15.2. The van der Waals surface area contributed by atoms with E-state index in [2.05, 4.69) is 20.8 Å². The number of carbonyl (C=O) groups excluding carboxylic acids is 1. The number of allylic oxidation sites excluding steroid dienone is 1. The fraction of sp³-hybridized carbons (Fsp3) is 0.211. The van der Waals surface area contributed by atoms with Gasteiger partial charge in [0.05, 0.1) is 0 Å². The van der Waals surface area contributed by atoms with Gasteiger partial charge in [-0.05, 0) is 34.8 Å². The van der Waals surface area contributed by atoms with Gasteiger partial charge in [-0.3, -0.25) is 4.79 Å². The van der Waals surface area contributed by atoms with Crippen LogP contribution in [0.3, 0.4) is 0 Å². The molecule has 0 fully saturated rings. The minimum atomic E-state index is -0.0182. The maximum absolute atomic E-state index is 12.2. The van der Waals surface area contributed by atoms with Gasteiger partial charge in [0.15, 0.2) is 5.78 Å². The maximum atomic E-state index is 12.2. The Bertz CT molecular complexity index is 661. The van der Waals surface area contributed by atoms with E-state index in [1.54, 1.807) is 12.2 Å². The van der Waals surface area contributed by atoms with Gasteiger partial charge in [0.1, 0.15) is 0 Å². The first-order chi connectivity index (χ1) is 9.88. The largest absolute Gasteiger partial charge is 0.289 e. The first-order valence-electron chi connectivity index (χ1n) is 6.95. The number of benzene rings is 2. The molecule has 0 amide bonds. The topological polar surface area (TPSA) is 17.1 Å². The van der Waals surface area contributed by atoms with Gasteiger partial charge in [0.2, 0.25) is 0 Å². The highest BCUT2D eigenvalue weighted by atomic mass is 35.5. The van der Waals surface area contributed by atoms with E-state index < -0.39 is 0 Å². The van der Waals surface area contributed by atoms with Gasteiger partial charge in [-0.1, -0.05) is 74.8 Å². The first-order valence-corrected chi connectivity index (χ1v) is 7.33. The van der Waals surface area contributed by atoms with Gasteiger partial charge >= 0.3 is 0 Å². The van der Waals surface area contributed by atoms with Crippen molar-refractivity contribution in [3.05, 3.63) is 76.3 Å². The second kappa shape index (κ2) is 6.28. The average Bonchev–Trinajstić information content (AvgIpc) is 2.45. The number of carbonyl (C=O) groups is 1. The van der Waals surface area contributed by atoms with Crippen LogP contribution >= 0.6 is 11.6 Å². The molecule has 0 aliphatic heterocycles. The molecule has 2 aromatic rings. The van der Waals surface area contributed by atoms with Crippen LogP contribution in [0, 0.1) is 0 Å². The monoisotopic (exact) mass is 298 g/mol. The second-order valence-electron chi connectivity index (χ2n) is 6.05. The van der Waals surface area contributed by atoms with Crippen molar-refractivity contribution in [2.24, 2.45) is 0 Å². The van der Waals surface area contributed by atoms with Gasteiger partial charge in [0, 0.05) is 10.6 Å². The fourth-order valence-electron chi connectivity index (χ4n) is 2.01. The smallest absolute Gasteiger partial charge is 0.185 e. The Labute approximate surface area is 131 Å². The standard InChI is InChI=1S/C19H19ClO/c1-19(2,3)16-11-8-15(9-12-16)18(21)13-10-14-6-4-5-7-17(14)20/h4-13H,1-3H3/b13-10+. The third kappa shape index (κ3) is 4.05. The van der Waals surface area contributed by atoms with Crippen molar-refractivity contribution in [3.8, 4) is 0 Å². The van der Waals surface area contributed by atoms with Crippen LogP contribution in [0.15, 0.2) is 54.6 Å². The Kier molecular flexibility index (Phi) is 4.64. The van der Waals surface area contributed by atoms with Gasteiger partial charge < -0.3 is 0 Å². The lowest BCUT2D eigenvalue weighted by molar-refractivity contribution is 0.104. The Morgan fingerprint density at radius 2 is 1.62 bits per heavy atom. The molecule has 2 heteroatoms. The van der Waals surface area contributed by atoms with E-state index in [9.17, 15) is 4.79 Å². The Morgan fingerprint density at radius 1 is 1.00 bits per heavy atom. The number of halogens is 1. The third-order valence-electron chi connectivity index (χ3n) is 3.35. The summed E-state index contributed by atoms with van der Waals surface area (Å²) < 4.78 is 0. The maximum Gasteiger partial charge on any atom is 0.185 e. The number of hydrogen-bond acceptors (Lipinski definition) is 1. The molecule has 0 bridgehead atoms. The van der Waals surface area contributed by atoms with Crippen molar-refractivity contribution >= 4 is 23.5 Å². The van der Waals surface area contributed by atoms with Gasteiger partial charge in [-0.15, -0.1) is 0 Å². The van der Waals surface area contributed by atoms with Crippen LogP contribution in [0.4, 0.5) is 0 Å². The minimum absolute atomic E-state index is 0.0182. The summed E-state index contributed by atoms with van der Waals surface area (Å²) in [6.45, 7) is 6.46. The van der Waals surface area contributed by atoms with E-state index >= 15 is 0 Å². The highest BCUT2D eigenvalue weighted by Crippen LogP contribution is 2.22. The second-order valence-corrected chi connectivity index (χ2v) is 6.45. The van der Waals surface area contributed by atoms with Crippen molar-refractivity contribution in [1.29, 1.82) is 0 Å². The molecule has 0 heterocycles. The first kappa shape index (κ1) is 15.5. The molecule has 0 atom stereocenters. The van der Waals surface area contributed by atoms with Crippen LogP contribution in [0.2, 0.25) is 5.02 Å². The van der Waals surface area contributed by atoms with Crippen molar-refractivity contribution < 1.29 is 4.79 Å². The minimum Gasteiger partial charge on any atom is -0.289 e. The third-order valence-corrected chi connectivity index (χ3v) is 3.70. The summed E-state index contributed by atoms with van der Waals surface area (Å²) in [5.74, 6) is -0.0182. The van der Waals surface area contributed by atoms with Crippen molar-refractivity contribution in [1.82, 2.24) is 0 Å². The van der Waals surface area contributed by atoms with Gasteiger partial charge in [0.25, 0.3) is 0 Å². The van der Waals surface area contributed by atoms with Crippen molar-refractivity contribution in [3.63, 3.8) is 0 Å². The molecule has 1 nitrogen and oxygen atoms in total. The number of rotatable bonds is 3. The fourth-order valence-corrected chi connectivity index (χ4v) is 2.21. The lowest BCUT2D eigenvalue weighted by Gasteiger charge is -2.18. The van der Waals surface area contributed by atoms with E-state index in [0.29, 0.717) is 10.6 Å². The number of ketones is 1. The lowest BCUT2D eigenvalue weighted by Crippen LogP contribution is -2.11. The quantitative estimate of drug-likeness (QED) is 0.537. The highest BCUT2D eigenvalue weighted by molar-refractivity contribution is 6.32. The molecule has 0 aliphatic carbocycles. The predicted octanol–water partition coefficient (Wildman–Crippen LogP) is 5.53. The van der Waals surface area contributed by atoms with Gasteiger partial charge in [-0.25, -0.2) is 0 Å². The molecule has 0 spiro atoms. The summed E-state index contributed by atoms with van der Waals surface area (Å²) in [5, 5.41) is 0.643. The summed E-state index contributed by atoms with van der Waals surface area (Å²) in [5.41, 5.74) is 2.84. The van der Waals surface area contributed by atoms with Gasteiger partial charge in [-0.2, -0.15) is 0 Å². The summed E-state index contributed by atoms with van der Waals surface area (Å²) in [7, 11) is 0. The van der Waals surface area contributed by atoms with Crippen LogP contribution in [0.5, 0.6) is 0 Å². The molecule has 2 aromatic carbocycles. The predicted molar refractivity (Wildman–Crippen MR) is 90.0 cm³/mol. The molecule has 0 aliphatic rings. The molecule has 0 saturated heterocycles. The normalized spacial score (nSPS) is 11.8. The van der Waals surface area contributed by atoms with Crippen LogP contribution < -0.4 is 0 Å². The van der Waals surface area contributed by atoms with E-state index in [1.165, 1.54) is 5.56 Å². The molecule has 0 radical (unpaired) electrons. The van der Waals surface area contributed by atoms with Crippen LogP contribution in [-0.2, 0) is 5.41 Å². The van der Waals surface area contributed by atoms with Crippen LogP contribution in [0.1, 0.15) is 42.3 Å². The molecular formula is C19H19ClO. The zero-order valence-electron chi connectivity index (χ0n) is 12.6. The Balaban J connectivity index is 2.16. The van der Waals surface area contributed by atoms with E-state index in [-0.39, 0.29) is 11.2 Å². The summed E-state index contributed by atoms with van der Waals surface area (Å²) >= 11 is 6.06. The van der Waals surface area contributed by atoms with E-state index in [1.807, 2.05) is 48.5 Å². The molecule has 2 rings (SSSR count). The van der Waals surface area contributed by atoms with Crippen LogP contribution in [-0.4, -0.2) is 5.78 Å². The molecule has 0 N–H and O–H groups in total. The molecular weight excluding hydrogens is 280 g/mol. The zero-order chi connectivity index (χ0) is 15.5. The molecule has 21 heavy (non-hydrogen) atoms. The summed E-state index contributed by atoms with van der Waals surface area (Å²) in [6.07, 6.45) is 3.32. The molecule has 0 unspecified atom stereocenters. The molecule has 0 saturated carbocycles. The summed E-state index contributed by atoms with van der Waals surface area (Å²) in [4.78, 5) is 12.2. The van der Waals surface area contributed by atoms with E-state index in [4.69, 9.17) is 11.6 Å². The highest BCUT2D eigenvalue weighted by Gasteiger charge is 2.13. The van der Waals surface area contributed by atoms with Crippen molar-refractivity contribution in [2.75, 3.05) is 0 Å². The lowest BCUT2D eigenvalue weighted by atomic mass is 9.86. The number of hydrogen-bond donors (Lipinski definition) is 0. The zero-order valence-corrected chi connectivity index (χ0v) is 13.3. The molecule has 108 valence electrons. The van der Waals surface area contributed by atoms with Crippen molar-refractivity contribution in [2.45, 2.75) is 26.2 Å². The molecule has 0 aromatic heterocycles.